The second-order valence-corrected chi connectivity index (χ2v) is 7.19. The minimum absolute atomic E-state index is 0.0613. The summed E-state index contributed by atoms with van der Waals surface area (Å²) in [6.45, 7) is 3.63. The number of amides is 2. The van der Waals surface area contributed by atoms with Crippen LogP contribution >= 0.6 is 15.9 Å². The number of benzene rings is 2. The number of carbonyl (C=O) groups is 1. The fourth-order valence-electron chi connectivity index (χ4n) is 3.02. The Balaban J connectivity index is 1.30. The number of fused-ring (bicyclic) bond motifs is 1. The molecule has 1 saturated heterocycles. The third-order valence-corrected chi connectivity index (χ3v) is 4.98. The second kappa shape index (κ2) is 7.47. The minimum Gasteiger partial charge on any atom is -0.439 e. The summed E-state index contributed by atoms with van der Waals surface area (Å²) in [7, 11) is 0. The van der Waals surface area contributed by atoms with E-state index in [1.165, 1.54) is 0 Å². The van der Waals surface area contributed by atoms with Crippen molar-refractivity contribution in [3.63, 3.8) is 0 Å². The highest BCUT2D eigenvalue weighted by Crippen LogP contribution is 2.18. The Bertz CT molecular complexity index is 868. The summed E-state index contributed by atoms with van der Waals surface area (Å²) in [6, 6.07) is 15.3. The van der Waals surface area contributed by atoms with E-state index in [0.29, 0.717) is 19.6 Å². The molecule has 7 heteroatoms. The van der Waals surface area contributed by atoms with Crippen LogP contribution in [0.5, 0.6) is 0 Å². The van der Waals surface area contributed by atoms with Crippen molar-refractivity contribution in [2.24, 2.45) is 0 Å². The van der Waals surface area contributed by atoms with Crippen molar-refractivity contribution in [1.29, 1.82) is 0 Å². The number of halogens is 1. The zero-order valence-electron chi connectivity index (χ0n) is 14.2. The van der Waals surface area contributed by atoms with Crippen LogP contribution in [-0.2, 0) is 6.54 Å². The predicted molar refractivity (Wildman–Crippen MR) is 104 cm³/mol. The quantitative estimate of drug-likeness (QED) is 0.704. The molecule has 0 saturated carbocycles. The van der Waals surface area contributed by atoms with Gasteiger partial charge in [0.2, 0.25) is 5.89 Å². The normalized spacial score (nSPS) is 15.3. The van der Waals surface area contributed by atoms with Gasteiger partial charge in [0.25, 0.3) is 0 Å². The number of urea groups is 1. The highest BCUT2D eigenvalue weighted by Gasteiger charge is 2.22. The van der Waals surface area contributed by atoms with Gasteiger partial charge in [0.15, 0.2) is 5.58 Å². The number of nitrogens with zero attached hydrogens (tertiary/aromatic N) is 3. The Morgan fingerprint density at radius 2 is 1.81 bits per heavy atom. The Morgan fingerprint density at radius 3 is 2.54 bits per heavy atom. The molecular weight excluding hydrogens is 396 g/mol. The van der Waals surface area contributed by atoms with Crippen molar-refractivity contribution in [2.75, 3.05) is 31.5 Å². The minimum atomic E-state index is -0.0613. The Kier molecular flexibility index (Phi) is 4.90. The maximum atomic E-state index is 12.4. The molecule has 1 N–H and O–H groups in total. The van der Waals surface area contributed by atoms with Gasteiger partial charge >= 0.3 is 6.03 Å². The van der Waals surface area contributed by atoms with Crippen LogP contribution in [0.4, 0.5) is 10.5 Å². The second-order valence-electron chi connectivity index (χ2n) is 6.28. The highest BCUT2D eigenvalue weighted by molar-refractivity contribution is 9.10. The van der Waals surface area contributed by atoms with Crippen LogP contribution in [-0.4, -0.2) is 47.0 Å². The van der Waals surface area contributed by atoms with Crippen LogP contribution in [0.15, 0.2) is 57.4 Å². The molecule has 26 heavy (non-hydrogen) atoms. The number of nitrogens with one attached hydrogen (secondary N) is 1. The number of piperazine rings is 1. The molecule has 0 radical (unpaired) electrons. The zero-order valence-corrected chi connectivity index (χ0v) is 15.8. The Morgan fingerprint density at radius 1 is 1.08 bits per heavy atom. The number of para-hydroxylation sites is 2. The van der Waals surface area contributed by atoms with E-state index in [1.807, 2.05) is 53.4 Å². The average molecular weight is 415 g/mol. The first-order valence-corrected chi connectivity index (χ1v) is 9.35. The molecule has 0 aliphatic carbocycles. The van der Waals surface area contributed by atoms with Gasteiger partial charge in [0.05, 0.1) is 6.54 Å². The van der Waals surface area contributed by atoms with E-state index in [1.54, 1.807) is 0 Å². The molecular formula is C19H19BrN4O2. The van der Waals surface area contributed by atoms with Gasteiger partial charge in [-0.2, -0.15) is 0 Å². The maximum absolute atomic E-state index is 12.4. The van der Waals surface area contributed by atoms with Crippen molar-refractivity contribution in [1.82, 2.24) is 14.8 Å². The number of hydrogen-bond acceptors (Lipinski definition) is 4. The number of rotatable bonds is 3. The SMILES string of the molecule is O=C(Nc1ccc(Br)cc1)N1CCN(Cc2nc3ccccc3o2)CC1. The monoisotopic (exact) mass is 414 g/mol. The third-order valence-electron chi connectivity index (χ3n) is 4.45. The van der Waals surface area contributed by atoms with Gasteiger partial charge in [-0.15, -0.1) is 0 Å². The fraction of sp³-hybridized carbons (Fsp3) is 0.263. The summed E-state index contributed by atoms with van der Waals surface area (Å²) in [5.41, 5.74) is 2.50. The molecule has 1 aliphatic heterocycles. The number of hydrogen-bond donors (Lipinski definition) is 1. The lowest BCUT2D eigenvalue weighted by atomic mass is 10.3. The predicted octanol–water partition coefficient (Wildman–Crippen LogP) is 3.94. The van der Waals surface area contributed by atoms with Gasteiger partial charge in [-0.05, 0) is 36.4 Å². The van der Waals surface area contributed by atoms with Gasteiger partial charge in [-0.1, -0.05) is 28.1 Å². The molecule has 1 aromatic heterocycles. The van der Waals surface area contributed by atoms with E-state index in [4.69, 9.17) is 4.42 Å². The molecule has 1 fully saturated rings. The van der Waals surface area contributed by atoms with Gasteiger partial charge in [-0.25, -0.2) is 9.78 Å². The third kappa shape index (κ3) is 3.89. The van der Waals surface area contributed by atoms with Crippen LogP contribution in [0.3, 0.4) is 0 Å². The summed E-state index contributed by atoms with van der Waals surface area (Å²) in [4.78, 5) is 21.0. The number of oxazole rings is 1. The van der Waals surface area contributed by atoms with Crippen molar-refractivity contribution in [2.45, 2.75) is 6.54 Å². The summed E-state index contributed by atoms with van der Waals surface area (Å²) in [5.74, 6) is 0.721. The van der Waals surface area contributed by atoms with E-state index in [-0.39, 0.29) is 6.03 Å². The summed E-state index contributed by atoms with van der Waals surface area (Å²) in [5, 5.41) is 2.94. The molecule has 0 atom stereocenters. The van der Waals surface area contributed by atoms with E-state index >= 15 is 0 Å². The van der Waals surface area contributed by atoms with E-state index < -0.39 is 0 Å². The number of anilines is 1. The lowest BCUT2D eigenvalue weighted by molar-refractivity contribution is 0.136. The Hall–Kier alpha value is -2.38. The fourth-order valence-corrected chi connectivity index (χ4v) is 3.29. The summed E-state index contributed by atoms with van der Waals surface area (Å²) in [6.07, 6.45) is 0. The molecule has 1 aliphatic rings. The van der Waals surface area contributed by atoms with Crippen molar-refractivity contribution < 1.29 is 9.21 Å². The van der Waals surface area contributed by atoms with Crippen LogP contribution in [0.1, 0.15) is 5.89 Å². The molecule has 6 nitrogen and oxygen atoms in total. The molecule has 0 bridgehead atoms. The van der Waals surface area contributed by atoms with Crippen molar-refractivity contribution in [3.8, 4) is 0 Å². The van der Waals surface area contributed by atoms with Crippen LogP contribution in [0.2, 0.25) is 0 Å². The maximum Gasteiger partial charge on any atom is 0.321 e. The smallest absolute Gasteiger partial charge is 0.321 e. The van der Waals surface area contributed by atoms with E-state index in [0.717, 1.165) is 40.2 Å². The standard InChI is InChI=1S/C19H19BrN4O2/c20-14-5-7-15(8-6-14)21-19(25)24-11-9-23(10-12-24)13-18-22-16-3-1-2-4-17(16)26-18/h1-8H,9-13H2,(H,21,25). The molecule has 0 unspecified atom stereocenters. The molecule has 3 aromatic rings. The largest absolute Gasteiger partial charge is 0.439 e. The number of carbonyl (C=O) groups excluding carboxylic acids is 1. The first kappa shape index (κ1) is 17.1. The molecule has 0 spiro atoms. The molecule has 2 heterocycles. The van der Waals surface area contributed by atoms with E-state index in [9.17, 15) is 4.79 Å². The first-order valence-electron chi connectivity index (χ1n) is 8.56. The molecule has 2 aromatic carbocycles. The summed E-state index contributed by atoms with van der Waals surface area (Å²) >= 11 is 3.39. The van der Waals surface area contributed by atoms with Gasteiger partial charge in [0, 0.05) is 36.3 Å². The average Bonchev–Trinajstić information content (AvgIpc) is 3.06. The van der Waals surface area contributed by atoms with Crippen molar-refractivity contribution in [3.05, 3.63) is 58.9 Å². The Labute approximate surface area is 159 Å². The first-order chi connectivity index (χ1) is 12.7. The molecule has 4 rings (SSSR count). The van der Waals surface area contributed by atoms with Crippen LogP contribution in [0, 0.1) is 0 Å². The van der Waals surface area contributed by atoms with Gasteiger partial charge < -0.3 is 14.6 Å². The van der Waals surface area contributed by atoms with Gasteiger partial charge in [-0.3, -0.25) is 4.90 Å². The van der Waals surface area contributed by atoms with Crippen LogP contribution < -0.4 is 5.32 Å². The zero-order chi connectivity index (χ0) is 17.9. The summed E-state index contributed by atoms with van der Waals surface area (Å²) < 4.78 is 6.77. The van der Waals surface area contributed by atoms with Crippen LogP contribution in [0.25, 0.3) is 11.1 Å². The van der Waals surface area contributed by atoms with Crippen molar-refractivity contribution >= 4 is 38.7 Å². The molecule has 134 valence electrons. The lowest BCUT2D eigenvalue weighted by Crippen LogP contribution is -2.49. The molecule has 2 amide bonds. The van der Waals surface area contributed by atoms with E-state index in [2.05, 4.69) is 31.1 Å². The van der Waals surface area contributed by atoms with Gasteiger partial charge in [0.1, 0.15) is 5.52 Å². The number of aromatic nitrogens is 1. The lowest BCUT2D eigenvalue weighted by Gasteiger charge is -2.34. The topological polar surface area (TPSA) is 61.6 Å². The highest BCUT2D eigenvalue weighted by atomic mass is 79.9.